The molecule has 0 spiro atoms. The third-order valence-electron chi connectivity index (χ3n) is 3.00. The highest BCUT2D eigenvalue weighted by Crippen LogP contribution is 2.37. The Hall–Kier alpha value is -0.940. The molecule has 1 saturated heterocycles. The van der Waals surface area contributed by atoms with Crippen molar-refractivity contribution in [1.29, 1.82) is 0 Å². The van der Waals surface area contributed by atoms with Crippen molar-refractivity contribution in [1.82, 2.24) is 0 Å². The SMILES string of the molecule is FC(F)(F)c1cc(CCl)ccc1OCC1CCOC1. The molecule has 0 saturated carbocycles. The molecule has 0 aromatic heterocycles. The Morgan fingerprint density at radius 2 is 2.16 bits per heavy atom. The molecule has 0 N–H and O–H groups in total. The fourth-order valence-corrected chi connectivity index (χ4v) is 2.10. The lowest BCUT2D eigenvalue weighted by Crippen LogP contribution is -2.15. The molecule has 1 aliphatic heterocycles. The van der Waals surface area contributed by atoms with Crippen LogP contribution >= 0.6 is 11.6 Å². The number of benzene rings is 1. The Labute approximate surface area is 114 Å². The van der Waals surface area contributed by atoms with Crippen molar-refractivity contribution in [3.8, 4) is 5.75 Å². The molecule has 1 unspecified atom stereocenters. The fourth-order valence-electron chi connectivity index (χ4n) is 1.93. The van der Waals surface area contributed by atoms with Crippen molar-refractivity contribution in [3.63, 3.8) is 0 Å². The molecule has 106 valence electrons. The lowest BCUT2D eigenvalue weighted by molar-refractivity contribution is -0.139. The average Bonchev–Trinajstić information content (AvgIpc) is 2.88. The van der Waals surface area contributed by atoms with Gasteiger partial charge in [0.2, 0.25) is 0 Å². The molecule has 1 aromatic rings. The van der Waals surface area contributed by atoms with E-state index in [2.05, 4.69) is 0 Å². The summed E-state index contributed by atoms with van der Waals surface area (Å²) in [5.74, 6) is 0.0573. The third kappa shape index (κ3) is 3.76. The highest BCUT2D eigenvalue weighted by atomic mass is 35.5. The molecule has 1 aliphatic rings. The van der Waals surface area contributed by atoms with E-state index < -0.39 is 11.7 Å². The van der Waals surface area contributed by atoms with Crippen molar-refractivity contribution >= 4 is 11.6 Å². The standard InChI is InChI=1S/C13H14ClF3O2/c14-6-9-1-2-12(11(5-9)13(15,16)17)19-8-10-3-4-18-7-10/h1-2,5,10H,3-4,6-8H2. The van der Waals surface area contributed by atoms with Gasteiger partial charge in [0.15, 0.2) is 0 Å². The van der Waals surface area contributed by atoms with Gasteiger partial charge in [0.25, 0.3) is 0 Å². The van der Waals surface area contributed by atoms with Gasteiger partial charge >= 0.3 is 6.18 Å². The molecule has 0 bridgehead atoms. The average molecular weight is 295 g/mol. The molecule has 6 heteroatoms. The van der Waals surface area contributed by atoms with E-state index in [1.807, 2.05) is 0 Å². The van der Waals surface area contributed by atoms with Crippen molar-refractivity contribution in [2.45, 2.75) is 18.5 Å². The van der Waals surface area contributed by atoms with Crippen molar-refractivity contribution < 1.29 is 22.6 Å². The number of halogens is 4. The monoisotopic (exact) mass is 294 g/mol. The second-order valence-electron chi connectivity index (χ2n) is 4.50. The van der Waals surface area contributed by atoms with Crippen LogP contribution in [0.15, 0.2) is 18.2 Å². The third-order valence-corrected chi connectivity index (χ3v) is 3.31. The van der Waals surface area contributed by atoms with Gasteiger partial charge in [-0.25, -0.2) is 0 Å². The van der Waals surface area contributed by atoms with Crippen LogP contribution in [0.3, 0.4) is 0 Å². The molecule has 19 heavy (non-hydrogen) atoms. The lowest BCUT2D eigenvalue weighted by atomic mass is 10.1. The second-order valence-corrected chi connectivity index (χ2v) is 4.77. The van der Waals surface area contributed by atoms with Crippen LogP contribution in [0, 0.1) is 5.92 Å². The van der Waals surface area contributed by atoms with E-state index in [1.54, 1.807) is 6.07 Å². The van der Waals surface area contributed by atoms with Gasteiger partial charge in [-0.2, -0.15) is 13.2 Å². The predicted octanol–water partition coefficient (Wildman–Crippen LogP) is 3.86. The summed E-state index contributed by atoms with van der Waals surface area (Å²) in [5, 5.41) is 0. The van der Waals surface area contributed by atoms with Gasteiger partial charge in [-0.05, 0) is 24.1 Å². The van der Waals surface area contributed by atoms with Crippen LogP contribution in [0.25, 0.3) is 0 Å². The minimum Gasteiger partial charge on any atom is -0.493 e. The van der Waals surface area contributed by atoms with Crippen LogP contribution in [0.5, 0.6) is 5.75 Å². The summed E-state index contributed by atoms with van der Waals surface area (Å²) in [4.78, 5) is 0. The molecule has 2 nitrogen and oxygen atoms in total. The quantitative estimate of drug-likeness (QED) is 0.785. The molecule has 1 heterocycles. The van der Waals surface area contributed by atoms with E-state index in [-0.39, 0.29) is 24.2 Å². The molecule has 1 fully saturated rings. The number of hydrogen-bond acceptors (Lipinski definition) is 2. The number of alkyl halides is 4. The minimum absolute atomic E-state index is 0.0415. The maximum atomic E-state index is 12.9. The Balaban J connectivity index is 2.13. The Kier molecular flexibility index (Phi) is 4.58. The summed E-state index contributed by atoms with van der Waals surface area (Å²) >= 11 is 5.56. The normalized spacial score (nSPS) is 19.7. The van der Waals surface area contributed by atoms with E-state index in [0.29, 0.717) is 18.8 Å². The van der Waals surface area contributed by atoms with E-state index >= 15 is 0 Å². The van der Waals surface area contributed by atoms with E-state index in [9.17, 15) is 13.2 Å². The predicted molar refractivity (Wildman–Crippen MR) is 65.4 cm³/mol. The Morgan fingerprint density at radius 1 is 1.37 bits per heavy atom. The van der Waals surface area contributed by atoms with Gasteiger partial charge in [-0.15, -0.1) is 11.6 Å². The van der Waals surface area contributed by atoms with Crippen LogP contribution in [0.4, 0.5) is 13.2 Å². The van der Waals surface area contributed by atoms with Gasteiger partial charge in [0.05, 0.1) is 18.8 Å². The lowest BCUT2D eigenvalue weighted by Gasteiger charge is -2.16. The summed E-state index contributed by atoms with van der Waals surface area (Å²) in [6.45, 7) is 1.43. The highest BCUT2D eigenvalue weighted by molar-refractivity contribution is 6.17. The van der Waals surface area contributed by atoms with Gasteiger partial charge < -0.3 is 9.47 Å². The van der Waals surface area contributed by atoms with Crippen LogP contribution in [0.1, 0.15) is 17.5 Å². The molecule has 2 rings (SSSR count). The molecular weight excluding hydrogens is 281 g/mol. The molecule has 1 atom stereocenters. The van der Waals surface area contributed by atoms with Crippen molar-refractivity contribution in [2.75, 3.05) is 19.8 Å². The largest absolute Gasteiger partial charge is 0.493 e. The minimum atomic E-state index is -4.44. The van der Waals surface area contributed by atoms with Crippen LogP contribution < -0.4 is 4.74 Å². The van der Waals surface area contributed by atoms with Crippen LogP contribution in [-0.2, 0) is 16.8 Å². The molecule has 0 aliphatic carbocycles. The number of hydrogen-bond donors (Lipinski definition) is 0. The summed E-state index contributed by atoms with van der Waals surface area (Å²) in [7, 11) is 0. The first-order chi connectivity index (χ1) is 9.00. The van der Waals surface area contributed by atoms with Gasteiger partial charge in [-0.3, -0.25) is 0 Å². The zero-order valence-electron chi connectivity index (χ0n) is 10.2. The maximum Gasteiger partial charge on any atom is 0.419 e. The summed E-state index contributed by atoms with van der Waals surface area (Å²) < 4.78 is 49.2. The molecule has 0 amide bonds. The van der Waals surface area contributed by atoms with Gasteiger partial charge in [0.1, 0.15) is 5.75 Å². The molecular formula is C13H14ClF3O2. The zero-order valence-corrected chi connectivity index (χ0v) is 10.9. The second kappa shape index (κ2) is 6.01. The summed E-state index contributed by atoms with van der Waals surface area (Å²) in [5.41, 5.74) is -0.352. The number of ether oxygens (including phenoxy) is 2. The summed E-state index contributed by atoms with van der Waals surface area (Å²) in [6, 6.07) is 3.91. The van der Waals surface area contributed by atoms with Crippen molar-refractivity contribution in [2.24, 2.45) is 5.92 Å². The Bertz CT molecular complexity index is 428. The maximum absolute atomic E-state index is 12.9. The Morgan fingerprint density at radius 3 is 2.74 bits per heavy atom. The van der Waals surface area contributed by atoms with Crippen LogP contribution in [0.2, 0.25) is 0 Å². The zero-order chi connectivity index (χ0) is 13.9. The topological polar surface area (TPSA) is 18.5 Å². The highest BCUT2D eigenvalue weighted by Gasteiger charge is 2.35. The van der Waals surface area contributed by atoms with E-state index in [4.69, 9.17) is 21.1 Å². The number of rotatable bonds is 4. The first-order valence-corrected chi connectivity index (χ1v) is 6.51. The molecule has 0 radical (unpaired) electrons. The summed E-state index contributed by atoms with van der Waals surface area (Å²) in [6.07, 6.45) is -3.62. The van der Waals surface area contributed by atoms with Gasteiger partial charge in [0, 0.05) is 18.4 Å². The first kappa shape index (κ1) is 14.5. The smallest absolute Gasteiger partial charge is 0.419 e. The van der Waals surface area contributed by atoms with E-state index in [1.165, 1.54) is 6.07 Å². The molecule has 1 aromatic carbocycles. The van der Waals surface area contributed by atoms with Crippen molar-refractivity contribution in [3.05, 3.63) is 29.3 Å². The van der Waals surface area contributed by atoms with Crippen LogP contribution in [-0.4, -0.2) is 19.8 Å². The van der Waals surface area contributed by atoms with Gasteiger partial charge in [-0.1, -0.05) is 6.07 Å². The fraction of sp³-hybridized carbons (Fsp3) is 0.538. The first-order valence-electron chi connectivity index (χ1n) is 5.97. The van der Waals surface area contributed by atoms with E-state index in [0.717, 1.165) is 12.5 Å².